The number of nitrogens with zero attached hydrogens (tertiary/aromatic N) is 1. The van der Waals surface area contributed by atoms with Crippen LogP contribution in [0.1, 0.15) is 39.5 Å². The summed E-state index contributed by atoms with van der Waals surface area (Å²) in [5, 5.41) is 12.0. The van der Waals surface area contributed by atoms with E-state index in [0.717, 1.165) is 19.5 Å². The molecular weight excluding hydrogens is 164 g/mol. The zero-order valence-electron chi connectivity index (χ0n) is 8.84. The van der Waals surface area contributed by atoms with E-state index in [2.05, 4.69) is 10.4 Å². The molecule has 2 N–H and O–H groups in total. The van der Waals surface area contributed by atoms with Gasteiger partial charge in [0.05, 0.1) is 5.60 Å². The van der Waals surface area contributed by atoms with Gasteiger partial charge in [0.2, 0.25) is 0 Å². The molecule has 0 saturated carbocycles. The Bertz CT molecular complexity index is 142. The number of hydrazine groups is 1. The Kier molecular flexibility index (Phi) is 4.16. The SMILES string of the molecule is CCC(C)(O)CNN1CCCCC1. The smallest absolute Gasteiger partial charge is 0.0755 e. The van der Waals surface area contributed by atoms with Crippen LogP contribution in [0.15, 0.2) is 0 Å². The van der Waals surface area contributed by atoms with Gasteiger partial charge in [0.1, 0.15) is 0 Å². The Labute approximate surface area is 81.1 Å². The van der Waals surface area contributed by atoms with E-state index in [-0.39, 0.29) is 0 Å². The molecule has 3 nitrogen and oxygen atoms in total. The minimum Gasteiger partial charge on any atom is -0.389 e. The normalized spacial score (nSPS) is 24.2. The number of piperidine rings is 1. The molecule has 0 spiro atoms. The molecular formula is C10H22N2O. The first-order chi connectivity index (χ1) is 6.14. The molecule has 0 aromatic rings. The van der Waals surface area contributed by atoms with Crippen LogP contribution in [-0.2, 0) is 0 Å². The van der Waals surface area contributed by atoms with Gasteiger partial charge in [0, 0.05) is 19.6 Å². The van der Waals surface area contributed by atoms with Crippen LogP contribution >= 0.6 is 0 Å². The molecule has 13 heavy (non-hydrogen) atoms. The molecule has 0 radical (unpaired) electrons. The predicted octanol–water partition coefficient (Wildman–Crippen LogP) is 1.14. The van der Waals surface area contributed by atoms with E-state index in [9.17, 15) is 5.11 Å². The Morgan fingerprint density at radius 2 is 1.92 bits per heavy atom. The van der Waals surface area contributed by atoms with Crippen molar-refractivity contribution in [2.75, 3.05) is 19.6 Å². The van der Waals surface area contributed by atoms with Gasteiger partial charge in [-0.3, -0.25) is 5.43 Å². The first-order valence-corrected chi connectivity index (χ1v) is 5.35. The fourth-order valence-electron chi connectivity index (χ4n) is 1.46. The summed E-state index contributed by atoms with van der Waals surface area (Å²) < 4.78 is 0. The molecule has 1 fully saturated rings. The third kappa shape index (κ3) is 4.07. The van der Waals surface area contributed by atoms with Crippen molar-refractivity contribution >= 4 is 0 Å². The van der Waals surface area contributed by atoms with Crippen LogP contribution in [0.2, 0.25) is 0 Å². The highest BCUT2D eigenvalue weighted by Crippen LogP contribution is 2.09. The lowest BCUT2D eigenvalue weighted by molar-refractivity contribution is 0.0242. The van der Waals surface area contributed by atoms with Gasteiger partial charge in [-0.15, -0.1) is 0 Å². The highest BCUT2D eigenvalue weighted by molar-refractivity contribution is 4.73. The fourth-order valence-corrected chi connectivity index (χ4v) is 1.46. The molecule has 1 unspecified atom stereocenters. The highest BCUT2D eigenvalue weighted by atomic mass is 16.3. The molecule has 1 rings (SSSR count). The predicted molar refractivity (Wildman–Crippen MR) is 54.3 cm³/mol. The van der Waals surface area contributed by atoms with Crippen LogP contribution in [0.3, 0.4) is 0 Å². The first-order valence-electron chi connectivity index (χ1n) is 5.35. The minimum absolute atomic E-state index is 0.558. The maximum absolute atomic E-state index is 9.76. The van der Waals surface area contributed by atoms with Crippen LogP contribution in [0, 0.1) is 0 Å². The van der Waals surface area contributed by atoms with E-state index < -0.39 is 5.60 Å². The van der Waals surface area contributed by atoms with Crippen molar-refractivity contribution in [1.29, 1.82) is 0 Å². The summed E-state index contributed by atoms with van der Waals surface area (Å²) in [7, 11) is 0. The van der Waals surface area contributed by atoms with E-state index in [1.807, 2.05) is 13.8 Å². The maximum atomic E-state index is 9.76. The summed E-state index contributed by atoms with van der Waals surface area (Å²) in [6.07, 6.45) is 4.71. The molecule has 78 valence electrons. The largest absolute Gasteiger partial charge is 0.389 e. The quantitative estimate of drug-likeness (QED) is 0.691. The van der Waals surface area contributed by atoms with E-state index in [1.165, 1.54) is 19.3 Å². The Balaban J connectivity index is 2.17. The summed E-state index contributed by atoms with van der Waals surface area (Å²) in [6.45, 7) is 6.81. The second-order valence-corrected chi connectivity index (χ2v) is 4.23. The summed E-state index contributed by atoms with van der Waals surface area (Å²) in [5.74, 6) is 0. The van der Waals surface area contributed by atoms with Crippen molar-refractivity contribution in [3.05, 3.63) is 0 Å². The van der Waals surface area contributed by atoms with Crippen LogP contribution in [0.5, 0.6) is 0 Å². The Hall–Kier alpha value is -0.120. The monoisotopic (exact) mass is 186 g/mol. The Morgan fingerprint density at radius 3 is 2.46 bits per heavy atom. The number of aliphatic hydroxyl groups is 1. The molecule has 0 bridgehead atoms. The number of nitrogens with one attached hydrogen (secondary N) is 1. The lowest BCUT2D eigenvalue weighted by Gasteiger charge is -2.31. The van der Waals surface area contributed by atoms with Crippen molar-refractivity contribution in [2.45, 2.75) is 45.1 Å². The molecule has 1 aliphatic rings. The third-order valence-electron chi connectivity index (χ3n) is 2.80. The van der Waals surface area contributed by atoms with Gasteiger partial charge < -0.3 is 5.11 Å². The second kappa shape index (κ2) is 4.94. The highest BCUT2D eigenvalue weighted by Gasteiger charge is 2.19. The minimum atomic E-state index is -0.558. The number of hydrogen-bond donors (Lipinski definition) is 2. The van der Waals surface area contributed by atoms with Gasteiger partial charge in [-0.05, 0) is 26.2 Å². The Morgan fingerprint density at radius 1 is 1.31 bits per heavy atom. The summed E-state index contributed by atoms with van der Waals surface area (Å²) in [6, 6.07) is 0. The van der Waals surface area contributed by atoms with Gasteiger partial charge in [0.25, 0.3) is 0 Å². The topological polar surface area (TPSA) is 35.5 Å². The molecule has 3 heteroatoms. The van der Waals surface area contributed by atoms with E-state index in [0.29, 0.717) is 6.54 Å². The summed E-state index contributed by atoms with van der Waals surface area (Å²) in [5.41, 5.74) is 2.74. The second-order valence-electron chi connectivity index (χ2n) is 4.23. The number of hydrogen-bond acceptors (Lipinski definition) is 3. The first kappa shape index (κ1) is 11.0. The standard InChI is InChI=1S/C10H22N2O/c1-3-10(2,13)9-11-12-7-5-4-6-8-12/h11,13H,3-9H2,1-2H3. The molecule has 0 aromatic heterocycles. The average molecular weight is 186 g/mol. The van der Waals surface area contributed by atoms with Crippen LogP contribution in [0.4, 0.5) is 0 Å². The summed E-state index contributed by atoms with van der Waals surface area (Å²) in [4.78, 5) is 0. The van der Waals surface area contributed by atoms with Crippen molar-refractivity contribution in [1.82, 2.24) is 10.4 Å². The van der Waals surface area contributed by atoms with Crippen LogP contribution in [-0.4, -0.2) is 35.4 Å². The van der Waals surface area contributed by atoms with Crippen LogP contribution < -0.4 is 5.43 Å². The van der Waals surface area contributed by atoms with Crippen LogP contribution in [0.25, 0.3) is 0 Å². The molecule has 0 aromatic carbocycles. The average Bonchev–Trinajstić information content (AvgIpc) is 2.17. The third-order valence-corrected chi connectivity index (χ3v) is 2.80. The lowest BCUT2D eigenvalue weighted by Crippen LogP contribution is -2.48. The molecule has 0 amide bonds. The van der Waals surface area contributed by atoms with E-state index in [1.54, 1.807) is 0 Å². The van der Waals surface area contributed by atoms with Crippen molar-refractivity contribution < 1.29 is 5.11 Å². The van der Waals surface area contributed by atoms with E-state index >= 15 is 0 Å². The zero-order valence-corrected chi connectivity index (χ0v) is 8.84. The van der Waals surface area contributed by atoms with Crippen molar-refractivity contribution in [3.8, 4) is 0 Å². The summed E-state index contributed by atoms with van der Waals surface area (Å²) >= 11 is 0. The zero-order chi connectivity index (χ0) is 9.73. The van der Waals surface area contributed by atoms with Crippen molar-refractivity contribution in [3.63, 3.8) is 0 Å². The molecule has 1 aliphatic heterocycles. The van der Waals surface area contributed by atoms with Crippen molar-refractivity contribution in [2.24, 2.45) is 0 Å². The fraction of sp³-hybridized carbons (Fsp3) is 1.00. The van der Waals surface area contributed by atoms with E-state index in [4.69, 9.17) is 0 Å². The molecule has 1 atom stereocenters. The molecule has 1 saturated heterocycles. The lowest BCUT2D eigenvalue weighted by atomic mass is 10.0. The van der Waals surface area contributed by atoms with Gasteiger partial charge >= 0.3 is 0 Å². The van der Waals surface area contributed by atoms with Gasteiger partial charge in [0.15, 0.2) is 0 Å². The molecule has 0 aliphatic carbocycles. The maximum Gasteiger partial charge on any atom is 0.0755 e. The van der Waals surface area contributed by atoms with Gasteiger partial charge in [-0.1, -0.05) is 13.3 Å². The number of rotatable bonds is 4. The molecule has 1 heterocycles. The van der Waals surface area contributed by atoms with Gasteiger partial charge in [-0.25, -0.2) is 5.01 Å². The van der Waals surface area contributed by atoms with Gasteiger partial charge in [-0.2, -0.15) is 0 Å².